The second-order valence-corrected chi connectivity index (χ2v) is 13.3. The molecule has 196 valence electrons. The van der Waals surface area contributed by atoms with Crippen LogP contribution in [0.3, 0.4) is 0 Å². The number of nitrogens with one attached hydrogen (secondary N) is 1. The van der Waals surface area contributed by atoms with Crippen LogP contribution in [-0.2, 0) is 16.1 Å². The molecule has 0 amide bonds. The lowest BCUT2D eigenvalue weighted by Crippen LogP contribution is -1.87. The van der Waals surface area contributed by atoms with Gasteiger partial charge >= 0.3 is 0 Å². The first kappa shape index (κ1) is 35.3. The molecule has 0 spiro atoms. The molecule has 0 aliphatic carbocycles. The third kappa shape index (κ3) is 9.53. The van der Waals surface area contributed by atoms with E-state index >= 15 is 0 Å². The highest BCUT2D eigenvalue weighted by molar-refractivity contribution is 14.1. The highest BCUT2D eigenvalue weighted by Gasteiger charge is 2.06. The van der Waals surface area contributed by atoms with Crippen LogP contribution in [0, 0.1) is 7.14 Å². The molecule has 1 aromatic carbocycles. The van der Waals surface area contributed by atoms with Crippen molar-refractivity contribution in [3.8, 4) is 0 Å². The predicted molar refractivity (Wildman–Crippen MR) is 177 cm³/mol. The van der Waals surface area contributed by atoms with Crippen molar-refractivity contribution in [2.45, 2.75) is 27.2 Å². The standard InChI is InChI=1S/C8H6BrIN2.C7H4BrIN2.C6H5ClO2S.3CH4/c1-12-4-7(10)6-2-5(9)3-11-8(6)12;8-4-1-5-6(9)3-11-7(5)10-2-4;7-10(8,9)6-4-2-1-3-5-6;;;/h2-4H,1H3;1-3H,(H,10,11);1-5H;3*1H4. The van der Waals surface area contributed by atoms with Gasteiger partial charge in [-0.05, 0) is 101 Å². The zero-order valence-electron chi connectivity index (χ0n) is 16.8. The van der Waals surface area contributed by atoms with Crippen LogP contribution in [0.4, 0.5) is 0 Å². The lowest BCUT2D eigenvalue weighted by molar-refractivity contribution is 0.609. The summed E-state index contributed by atoms with van der Waals surface area (Å²) in [5, 5.41) is 2.37. The lowest BCUT2D eigenvalue weighted by atomic mass is 10.3. The van der Waals surface area contributed by atoms with Gasteiger partial charge in [0.15, 0.2) is 0 Å². The monoisotopic (exact) mass is 882 g/mol. The van der Waals surface area contributed by atoms with Crippen molar-refractivity contribution < 1.29 is 8.42 Å². The number of pyridine rings is 2. The maximum Gasteiger partial charge on any atom is 0.261 e. The van der Waals surface area contributed by atoms with E-state index in [1.807, 2.05) is 24.0 Å². The van der Waals surface area contributed by atoms with E-state index in [1.54, 1.807) is 24.4 Å². The van der Waals surface area contributed by atoms with Crippen LogP contribution >= 0.6 is 87.7 Å². The minimum absolute atomic E-state index is 0. The van der Waals surface area contributed by atoms with Gasteiger partial charge in [0.2, 0.25) is 0 Å². The van der Waals surface area contributed by atoms with E-state index in [2.05, 4.69) is 110 Å². The van der Waals surface area contributed by atoms with E-state index in [9.17, 15) is 8.42 Å². The maximum atomic E-state index is 10.6. The molecule has 0 bridgehead atoms. The molecule has 1 N–H and O–H groups in total. The number of fused-ring (bicyclic) bond motifs is 2. The molecule has 0 fully saturated rings. The van der Waals surface area contributed by atoms with Crippen LogP contribution in [0.2, 0.25) is 0 Å². The number of rotatable bonds is 1. The topological polar surface area (TPSA) is 80.6 Å². The first-order valence-electron chi connectivity index (χ1n) is 9.10. The van der Waals surface area contributed by atoms with Crippen molar-refractivity contribution in [2.75, 3.05) is 0 Å². The average molecular weight is 885 g/mol. The van der Waals surface area contributed by atoms with Crippen LogP contribution in [-0.4, -0.2) is 27.9 Å². The molecule has 0 aliphatic rings. The van der Waals surface area contributed by atoms with Gasteiger partial charge < -0.3 is 9.55 Å². The molecule has 0 atom stereocenters. The van der Waals surface area contributed by atoms with Crippen molar-refractivity contribution in [3.63, 3.8) is 0 Å². The van der Waals surface area contributed by atoms with Gasteiger partial charge in [0, 0.05) is 69.4 Å². The minimum Gasteiger partial charge on any atom is -0.345 e. The summed E-state index contributed by atoms with van der Waals surface area (Å²) in [6.07, 6.45) is 7.63. The number of halogens is 5. The van der Waals surface area contributed by atoms with Gasteiger partial charge in [-0.25, -0.2) is 18.4 Å². The molecule has 5 rings (SSSR count). The number of H-pyrrole nitrogens is 1. The summed E-state index contributed by atoms with van der Waals surface area (Å²) in [6, 6.07) is 12.0. The third-order valence-corrected chi connectivity index (χ3v) is 8.19. The first-order valence-corrected chi connectivity index (χ1v) is 15.2. The van der Waals surface area contributed by atoms with Crippen LogP contribution in [0.5, 0.6) is 0 Å². The number of aromatic amines is 1. The summed E-state index contributed by atoms with van der Waals surface area (Å²) < 4.78 is 27.7. The maximum absolute atomic E-state index is 10.6. The predicted octanol–water partition coefficient (Wildman–Crippen LogP) is 9.39. The SMILES string of the molecule is Brc1cnc2[nH]cc(I)c2c1.C.C.C.Cn1cc(I)c2cc(Br)cnc21.O=S(=O)(Cl)c1ccccc1. The Balaban J connectivity index is 0.000000492. The Kier molecular flexibility index (Phi) is 15.3. The van der Waals surface area contributed by atoms with E-state index in [0.717, 1.165) is 20.2 Å². The molecule has 4 aromatic heterocycles. The fraction of sp³-hybridized carbons (Fsp3) is 0.167. The lowest BCUT2D eigenvalue weighted by Gasteiger charge is -1.94. The molecule has 6 nitrogen and oxygen atoms in total. The average Bonchev–Trinajstić information content (AvgIpc) is 3.27. The molecule has 5 aromatic rings. The fourth-order valence-electron chi connectivity index (χ4n) is 2.72. The summed E-state index contributed by atoms with van der Waals surface area (Å²) >= 11 is 11.4. The van der Waals surface area contributed by atoms with Crippen molar-refractivity contribution in [3.05, 3.63) is 83.3 Å². The summed E-state index contributed by atoms with van der Waals surface area (Å²) in [5.74, 6) is 0. The molecular weight excluding hydrogens is 857 g/mol. The molecule has 36 heavy (non-hydrogen) atoms. The first-order chi connectivity index (χ1) is 15.6. The third-order valence-electron chi connectivity index (χ3n) is 4.20. The molecule has 12 heteroatoms. The minimum atomic E-state index is -3.53. The van der Waals surface area contributed by atoms with Crippen molar-refractivity contribution in [1.82, 2.24) is 19.5 Å². The smallest absolute Gasteiger partial charge is 0.261 e. The normalized spacial score (nSPS) is 10.1. The number of nitrogens with zero attached hydrogens (tertiary/aromatic N) is 3. The zero-order valence-corrected chi connectivity index (χ0v) is 25.9. The Labute approximate surface area is 261 Å². The summed E-state index contributed by atoms with van der Waals surface area (Å²) in [4.78, 5) is 11.7. The van der Waals surface area contributed by atoms with Gasteiger partial charge in [-0.2, -0.15) is 0 Å². The number of hydrogen-bond donors (Lipinski definition) is 1. The Bertz CT molecular complexity index is 1510. The highest BCUT2D eigenvalue weighted by atomic mass is 127. The van der Waals surface area contributed by atoms with Gasteiger partial charge in [0.05, 0.1) is 4.90 Å². The quantitative estimate of drug-likeness (QED) is 0.135. The van der Waals surface area contributed by atoms with Crippen LogP contribution < -0.4 is 0 Å². The van der Waals surface area contributed by atoms with E-state index < -0.39 is 9.05 Å². The summed E-state index contributed by atoms with van der Waals surface area (Å²) in [5.41, 5.74) is 1.97. The molecule has 4 heterocycles. The Morgan fingerprint density at radius 2 is 1.47 bits per heavy atom. The Hall–Kier alpha value is -0.740. The van der Waals surface area contributed by atoms with Gasteiger partial charge in [-0.15, -0.1) is 0 Å². The number of aryl methyl sites for hydroxylation is 1. The fourth-order valence-corrected chi connectivity index (χ4v) is 5.55. The van der Waals surface area contributed by atoms with E-state index in [-0.39, 0.29) is 27.2 Å². The van der Waals surface area contributed by atoms with E-state index in [4.69, 9.17) is 10.7 Å². The molecule has 0 saturated heterocycles. The second-order valence-electron chi connectivity index (χ2n) is 6.55. The van der Waals surface area contributed by atoms with Crippen LogP contribution in [0.15, 0.2) is 81.1 Å². The molecule has 0 saturated carbocycles. The van der Waals surface area contributed by atoms with Crippen molar-refractivity contribution in [1.29, 1.82) is 0 Å². The van der Waals surface area contributed by atoms with Crippen LogP contribution in [0.1, 0.15) is 22.3 Å². The van der Waals surface area contributed by atoms with E-state index in [0.29, 0.717) is 0 Å². The summed E-state index contributed by atoms with van der Waals surface area (Å²) in [6.45, 7) is 0. The zero-order chi connectivity index (χ0) is 24.2. The highest BCUT2D eigenvalue weighted by Crippen LogP contribution is 2.23. The van der Waals surface area contributed by atoms with Gasteiger partial charge in [-0.1, -0.05) is 40.5 Å². The molecular formula is C24H27Br2ClI2N4O2S. The number of benzene rings is 1. The summed E-state index contributed by atoms with van der Waals surface area (Å²) in [7, 11) is 3.51. The van der Waals surface area contributed by atoms with Gasteiger partial charge in [0.1, 0.15) is 11.3 Å². The number of aromatic nitrogens is 4. The van der Waals surface area contributed by atoms with Gasteiger partial charge in [0.25, 0.3) is 9.05 Å². The van der Waals surface area contributed by atoms with Gasteiger partial charge in [-0.3, -0.25) is 0 Å². The largest absolute Gasteiger partial charge is 0.345 e. The molecule has 0 unspecified atom stereocenters. The van der Waals surface area contributed by atoms with E-state index in [1.165, 1.54) is 30.0 Å². The molecule has 0 aliphatic heterocycles. The van der Waals surface area contributed by atoms with Crippen molar-refractivity contribution >= 4 is 119 Å². The number of hydrogen-bond acceptors (Lipinski definition) is 4. The van der Waals surface area contributed by atoms with Crippen LogP contribution in [0.25, 0.3) is 22.1 Å². The molecule has 0 radical (unpaired) electrons. The Morgan fingerprint density at radius 3 is 2.03 bits per heavy atom. The second kappa shape index (κ2) is 15.6. The van der Waals surface area contributed by atoms with Crippen molar-refractivity contribution in [2.24, 2.45) is 7.05 Å². The Morgan fingerprint density at radius 1 is 0.917 bits per heavy atom.